The number of halogens is 2. The summed E-state index contributed by atoms with van der Waals surface area (Å²) < 4.78 is 0. The molecule has 1 aliphatic heterocycles. The van der Waals surface area contributed by atoms with E-state index in [4.69, 9.17) is 23.2 Å². The van der Waals surface area contributed by atoms with Gasteiger partial charge in [0, 0.05) is 6.04 Å². The van der Waals surface area contributed by atoms with E-state index in [1.54, 1.807) is 6.07 Å². The van der Waals surface area contributed by atoms with Gasteiger partial charge in [-0.25, -0.2) is 4.90 Å². The number of nitrogens with one attached hydrogen (secondary N) is 2. The van der Waals surface area contributed by atoms with Gasteiger partial charge in [0.15, 0.2) is 0 Å². The summed E-state index contributed by atoms with van der Waals surface area (Å²) in [7, 11) is 0. The summed E-state index contributed by atoms with van der Waals surface area (Å²) in [6, 6.07) is 4.70. The van der Waals surface area contributed by atoms with Crippen molar-refractivity contribution < 1.29 is 9.59 Å². The molecule has 0 saturated carbocycles. The Balaban J connectivity index is 2.38. The Kier molecular flexibility index (Phi) is 4.73. The lowest BCUT2D eigenvalue weighted by molar-refractivity contribution is -0.134. The van der Waals surface area contributed by atoms with E-state index in [1.165, 1.54) is 12.1 Å². The van der Waals surface area contributed by atoms with Crippen molar-refractivity contribution in [2.45, 2.75) is 19.9 Å². The summed E-state index contributed by atoms with van der Waals surface area (Å²) in [6.07, 6.45) is 0. The molecule has 0 aromatic heterocycles. The highest BCUT2D eigenvalue weighted by Crippen LogP contribution is 2.28. The molecule has 2 rings (SSSR count). The highest BCUT2D eigenvalue weighted by Gasteiger charge is 2.36. The zero-order valence-corrected chi connectivity index (χ0v) is 13.5. The Morgan fingerprint density at radius 1 is 1.32 bits per heavy atom. The predicted octanol–water partition coefficient (Wildman–Crippen LogP) is 2.28. The summed E-state index contributed by atoms with van der Waals surface area (Å²) in [5.41, 5.74) is 0.383. The number of anilines is 1. The molecule has 0 spiro atoms. The Hall–Kier alpha value is -2.05. The second kappa shape index (κ2) is 6.37. The molecule has 0 atom stereocenters. The molecule has 1 aromatic rings. The van der Waals surface area contributed by atoms with Crippen molar-refractivity contribution >= 4 is 46.7 Å². The number of carbonyl (C=O) groups is 2. The van der Waals surface area contributed by atoms with E-state index in [-0.39, 0.29) is 17.0 Å². The van der Waals surface area contributed by atoms with Crippen LogP contribution < -0.4 is 15.5 Å². The summed E-state index contributed by atoms with van der Waals surface area (Å²) in [5, 5.41) is 5.99. The highest BCUT2D eigenvalue weighted by molar-refractivity contribution is 6.54. The molecule has 1 aromatic carbocycles. The second-order valence-corrected chi connectivity index (χ2v) is 5.69. The zero-order valence-electron chi connectivity index (χ0n) is 12.0. The minimum Gasteiger partial charge on any atom is -0.368 e. The fourth-order valence-corrected chi connectivity index (χ4v) is 2.14. The molecule has 116 valence electrons. The van der Waals surface area contributed by atoms with E-state index in [0.29, 0.717) is 16.5 Å². The van der Waals surface area contributed by atoms with E-state index < -0.39 is 11.8 Å². The zero-order chi connectivity index (χ0) is 16.4. The number of guanidine groups is 1. The molecule has 0 radical (unpaired) electrons. The van der Waals surface area contributed by atoms with Crippen LogP contribution in [-0.2, 0) is 9.59 Å². The van der Waals surface area contributed by atoms with Crippen LogP contribution in [0.3, 0.4) is 0 Å². The molecule has 1 saturated heterocycles. The van der Waals surface area contributed by atoms with Crippen LogP contribution in [0.25, 0.3) is 0 Å². The van der Waals surface area contributed by atoms with Crippen molar-refractivity contribution in [2.24, 2.45) is 4.99 Å². The number of benzene rings is 1. The fraction of sp³-hybridized carbons (Fsp3) is 0.214. The fourth-order valence-electron chi connectivity index (χ4n) is 1.84. The number of hydrogen-bond acceptors (Lipinski definition) is 4. The minimum absolute atomic E-state index is 0.0616. The van der Waals surface area contributed by atoms with Gasteiger partial charge in [0.1, 0.15) is 5.82 Å². The number of hydrogen-bond donors (Lipinski definition) is 2. The van der Waals surface area contributed by atoms with Gasteiger partial charge in [0.2, 0.25) is 5.96 Å². The number of amides is 2. The van der Waals surface area contributed by atoms with Crippen molar-refractivity contribution in [2.75, 3.05) is 4.90 Å². The van der Waals surface area contributed by atoms with Crippen molar-refractivity contribution in [3.05, 3.63) is 40.6 Å². The SMILES string of the molecule is C=C(N=C1NC(=O)C(=O)N1c1ccc(Cl)c(Cl)c1)NC(C)C. The molecule has 2 N–H and O–H groups in total. The molecule has 2 amide bonds. The van der Waals surface area contributed by atoms with Crippen molar-refractivity contribution in [3.63, 3.8) is 0 Å². The lowest BCUT2D eigenvalue weighted by Crippen LogP contribution is -2.33. The molecule has 0 aliphatic carbocycles. The van der Waals surface area contributed by atoms with E-state index >= 15 is 0 Å². The third-order valence-corrected chi connectivity index (χ3v) is 3.43. The van der Waals surface area contributed by atoms with E-state index in [1.807, 2.05) is 13.8 Å². The van der Waals surface area contributed by atoms with Gasteiger partial charge in [-0.2, -0.15) is 4.99 Å². The predicted molar refractivity (Wildman–Crippen MR) is 86.9 cm³/mol. The van der Waals surface area contributed by atoms with Gasteiger partial charge in [-0.15, -0.1) is 0 Å². The van der Waals surface area contributed by atoms with E-state index in [2.05, 4.69) is 22.2 Å². The van der Waals surface area contributed by atoms with Crippen LogP contribution in [0.4, 0.5) is 5.69 Å². The average molecular weight is 341 g/mol. The van der Waals surface area contributed by atoms with Gasteiger partial charge < -0.3 is 5.32 Å². The van der Waals surface area contributed by atoms with Gasteiger partial charge in [-0.3, -0.25) is 14.9 Å². The summed E-state index contributed by atoms with van der Waals surface area (Å²) >= 11 is 11.8. The van der Waals surface area contributed by atoms with Crippen molar-refractivity contribution in [3.8, 4) is 0 Å². The van der Waals surface area contributed by atoms with Crippen LogP contribution in [0.2, 0.25) is 10.0 Å². The highest BCUT2D eigenvalue weighted by atomic mass is 35.5. The Bertz CT molecular complexity index is 685. The maximum atomic E-state index is 12.0. The van der Waals surface area contributed by atoms with Crippen LogP contribution in [0.5, 0.6) is 0 Å². The second-order valence-electron chi connectivity index (χ2n) is 4.87. The van der Waals surface area contributed by atoms with Crippen LogP contribution >= 0.6 is 23.2 Å². The van der Waals surface area contributed by atoms with E-state index in [0.717, 1.165) is 4.90 Å². The van der Waals surface area contributed by atoms with Gasteiger partial charge >= 0.3 is 11.8 Å². The molecular formula is C14H14Cl2N4O2. The quantitative estimate of drug-likeness (QED) is 0.825. The van der Waals surface area contributed by atoms with E-state index in [9.17, 15) is 9.59 Å². The molecule has 22 heavy (non-hydrogen) atoms. The summed E-state index contributed by atoms with van der Waals surface area (Å²) in [6.45, 7) is 7.57. The number of aliphatic imine (C=N–C) groups is 1. The standard InChI is InChI=1S/C14H14Cl2N4O2/c1-7(2)17-8(3)18-14-19-12(21)13(22)20(14)9-4-5-10(15)11(16)6-9/h4-7,17H,3H2,1-2H3,(H,18,19,21). The van der Waals surface area contributed by atoms with Crippen LogP contribution in [0.1, 0.15) is 13.8 Å². The van der Waals surface area contributed by atoms with Gasteiger partial charge in [-0.1, -0.05) is 29.8 Å². The maximum Gasteiger partial charge on any atom is 0.323 e. The molecule has 1 fully saturated rings. The third-order valence-electron chi connectivity index (χ3n) is 2.69. The number of carbonyl (C=O) groups excluding carboxylic acids is 2. The lowest BCUT2D eigenvalue weighted by atomic mass is 10.3. The molecule has 8 heteroatoms. The first-order valence-corrected chi connectivity index (χ1v) is 7.20. The van der Waals surface area contributed by atoms with Crippen molar-refractivity contribution in [1.29, 1.82) is 0 Å². The van der Waals surface area contributed by atoms with Crippen LogP contribution in [-0.4, -0.2) is 23.8 Å². The molecule has 0 unspecified atom stereocenters. The summed E-state index contributed by atoms with van der Waals surface area (Å²) in [5.74, 6) is -1.15. The monoisotopic (exact) mass is 340 g/mol. The minimum atomic E-state index is -0.776. The average Bonchev–Trinajstić information content (AvgIpc) is 2.67. The largest absolute Gasteiger partial charge is 0.368 e. The smallest absolute Gasteiger partial charge is 0.323 e. The first-order chi connectivity index (χ1) is 10.3. The number of nitrogens with zero attached hydrogens (tertiary/aromatic N) is 2. The molecule has 0 bridgehead atoms. The topological polar surface area (TPSA) is 73.8 Å². The third kappa shape index (κ3) is 3.40. The number of rotatable bonds is 4. The summed E-state index contributed by atoms with van der Waals surface area (Å²) in [4.78, 5) is 28.9. The Morgan fingerprint density at radius 2 is 2.00 bits per heavy atom. The first kappa shape index (κ1) is 16.3. The van der Waals surface area contributed by atoms with Crippen LogP contribution in [0.15, 0.2) is 35.6 Å². The molecule has 1 aliphatic rings. The lowest BCUT2D eigenvalue weighted by Gasteiger charge is -2.16. The van der Waals surface area contributed by atoms with Gasteiger partial charge in [0.25, 0.3) is 0 Å². The molecule has 1 heterocycles. The normalized spacial score (nSPS) is 16.4. The van der Waals surface area contributed by atoms with Gasteiger partial charge in [-0.05, 0) is 32.0 Å². The van der Waals surface area contributed by atoms with Crippen molar-refractivity contribution in [1.82, 2.24) is 10.6 Å². The van der Waals surface area contributed by atoms with Gasteiger partial charge in [0.05, 0.1) is 15.7 Å². The first-order valence-electron chi connectivity index (χ1n) is 6.44. The maximum absolute atomic E-state index is 12.0. The molecular weight excluding hydrogens is 327 g/mol. The molecule has 6 nitrogen and oxygen atoms in total. The Morgan fingerprint density at radius 3 is 2.59 bits per heavy atom. The Labute approximate surface area is 137 Å². The van der Waals surface area contributed by atoms with Crippen LogP contribution in [0, 0.1) is 0 Å².